The highest BCUT2D eigenvalue weighted by Gasteiger charge is 2.28. The van der Waals surface area contributed by atoms with Crippen molar-refractivity contribution < 1.29 is 13.2 Å². The third-order valence-electron chi connectivity index (χ3n) is 6.30. The van der Waals surface area contributed by atoms with Crippen molar-refractivity contribution >= 4 is 32.8 Å². The van der Waals surface area contributed by atoms with Crippen molar-refractivity contribution in [3.05, 3.63) is 53.5 Å². The molecule has 3 heterocycles. The second-order valence-corrected chi connectivity index (χ2v) is 10.9. The summed E-state index contributed by atoms with van der Waals surface area (Å²) in [5.41, 5.74) is 8.89. The molecule has 34 heavy (non-hydrogen) atoms. The van der Waals surface area contributed by atoms with Gasteiger partial charge >= 0.3 is 0 Å². The van der Waals surface area contributed by atoms with Crippen molar-refractivity contribution in [3.8, 4) is 11.8 Å². The number of rotatable bonds is 4. The number of nitrogens with one attached hydrogen (secondary N) is 1. The van der Waals surface area contributed by atoms with Crippen molar-refractivity contribution in [1.82, 2.24) is 24.2 Å². The van der Waals surface area contributed by atoms with Crippen LogP contribution < -0.4 is 11.1 Å². The molecule has 0 radical (unpaired) electrons. The number of aromatic nitrogens is 3. The van der Waals surface area contributed by atoms with Crippen LogP contribution >= 0.6 is 0 Å². The van der Waals surface area contributed by atoms with Gasteiger partial charge in [0.1, 0.15) is 17.8 Å². The fourth-order valence-corrected chi connectivity index (χ4v) is 5.18. The zero-order chi connectivity index (χ0) is 23.9. The molecule has 5 rings (SSSR count). The van der Waals surface area contributed by atoms with E-state index in [2.05, 4.69) is 27.1 Å². The Balaban J connectivity index is 1.44. The van der Waals surface area contributed by atoms with E-state index in [4.69, 9.17) is 5.73 Å². The molecule has 3 N–H and O–H groups in total. The highest BCUT2D eigenvalue weighted by molar-refractivity contribution is 7.88. The molecule has 2 fully saturated rings. The van der Waals surface area contributed by atoms with E-state index in [1.165, 1.54) is 16.9 Å². The first-order valence-electron chi connectivity index (χ1n) is 11.3. The lowest BCUT2D eigenvalue weighted by molar-refractivity contribution is 0.0951. The van der Waals surface area contributed by atoms with Crippen LogP contribution in [0.2, 0.25) is 0 Å². The number of nitrogens with zero attached hydrogens (tertiary/aromatic N) is 4. The Labute approximate surface area is 198 Å². The van der Waals surface area contributed by atoms with Gasteiger partial charge in [0.2, 0.25) is 10.0 Å². The van der Waals surface area contributed by atoms with Gasteiger partial charge in [-0.05, 0) is 43.9 Å². The van der Waals surface area contributed by atoms with Crippen LogP contribution in [0.25, 0.3) is 11.0 Å². The second-order valence-electron chi connectivity index (χ2n) is 8.88. The summed E-state index contributed by atoms with van der Waals surface area (Å²) in [6.07, 6.45) is 8.01. The van der Waals surface area contributed by atoms with Gasteiger partial charge in [0.25, 0.3) is 5.91 Å². The zero-order valence-electron chi connectivity index (χ0n) is 18.9. The molecular formula is C24H26N6O3S. The zero-order valence-corrected chi connectivity index (χ0v) is 19.7. The summed E-state index contributed by atoms with van der Waals surface area (Å²) >= 11 is 0. The standard InChI is InChI=1S/C24H26N6O3S/c1-34(32,33)29-11-9-20(10-12-29)30-14-18(21-22(25)26-15-27-23(21)30)6-5-16-3-2-4-17(13-16)24(31)28-19-7-8-19/h2-4,13-15,19-20H,7-12H2,1H3,(H,28,31)(H2,25,26,27). The number of sulfonamides is 1. The molecule has 1 aliphatic heterocycles. The highest BCUT2D eigenvalue weighted by Crippen LogP contribution is 2.31. The fourth-order valence-electron chi connectivity index (χ4n) is 4.31. The van der Waals surface area contributed by atoms with Crippen LogP contribution in [-0.4, -0.2) is 58.6 Å². The second kappa shape index (κ2) is 8.74. The maximum absolute atomic E-state index is 12.4. The number of nitrogen functional groups attached to an aromatic ring is 1. The normalized spacial score (nSPS) is 17.3. The van der Waals surface area contributed by atoms with Crippen LogP contribution in [0.3, 0.4) is 0 Å². The molecule has 0 atom stereocenters. The van der Waals surface area contributed by atoms with E-state index in [9.17, 15) is 13.2 Å². The average molecular weight is 479 g/mol. The van der Waals surface area contributed by atoms with Gasteiger partial charge in [-0.2, -0.15) is 0 Å². The molecule has 1 aromatic carbocycles. The minimum absolute atomic E-state index is 0.0826. The lowest BCUT2D eigenvalue weighted by Gasteiger charge is -2.31. The van der Waals surface area contributed by atoms with Crippen LogP contribution in [0.4, 0.5) is 5.82 Å². The van der Waals surface area contributed by atoms with E-state index < -0.39 is 10.0 Å². The summed E-state index contributed by atoms with van der Waals surface area (Å²) in [7, 11) is -3.20. The SMILES string of the molecule is CS(=O)(=O)N1CCC(n2cc(C#Cc3cccc(C(=O)NC4CC4)c3)c3c(N)ncnc32)CC1. The van der Waals surface area contributed by atoms with Gasteiger partial charge in [0.15, 0.2) is 0 Å². The van der Waals surface area contributed by atoms with Crippen molar-refractivity contribution in [2.45, 2.75) is 37.8 Å². The number of hydrogen-bond donors (Lipinski definition) is 2. The summed E-state index contributed by atoms with van der Waals surface area (Å²) in [4.78, 5) is 21.0. The summed E-state index contributed by atoms with van der Waals surface area (Å²) in [6, 6.07) is 7.62. The Morgan fingerprint density at radius 3 is 2.62 bits per heavy atom. The number of benzene rings is 1. The Hall–Kier alpha value is -3.42. The number of amides is 1. The summed E-state index contributed by atoms with van der Waals surface area (Å²) in [5, 5.41) is 3.67. The monoisotopic (exact) mass is 478 g/mol. The Morgan fingerprint density at radius 1 is 1.15 bits per heavy atom. The minimum atomic E-state index is -3.20. The van der Waals surface area contributed by atoms with E-state index in [0.29, 0.717) is 60.0 Å². The lowest BCUT2D eigenvalue weighted by Crippen LogP contribution is -2.38. The van der Waals surface area contributed by atoms with Crippen LogP contribution in [0, 0.1) is 11.8 Å². The fraction of sp³-hybridized carbons (Fsp3) is 0.375. The molecule has 1 saturated heterocycles. The van der Waals surface area contributed by atoms with Crippen molar-refractivity contribution in [2.24, 2.45) is 0 Å². The maximum atomic E-state index is 12.4. The van der Waals surface area contributed by atoms with E-state index in [1.807, 2.05) is 22.9 Å². The molecule has 2 aromatic heterocycles. The first kappa shape index (κ1) is 22.4. The number of nitrogens with two attached hydrogens (primary N) is 1. The number of fused-ring (bicyclic) bond motifs is 1. The number of hydrogen-bond acceptors (Lipinski definition) is 6. The van der Waals surface area contributed by atoms with Crippen LogP contribution in [0.1, 0.15) is 53.2 Å². The third kappa shape index (κ3) is 4.62. The maximum Gasteiger partial charge on any atom is 0.251 e. The van der Waals surface area contributed by atoms with E-state index in [-0.39, 0.29) is 11.9 Å². The summed E-state index contributed by atoms with van der Waals surface area (Å²) in [6.45, 7) is 0.918. The van der Waals surface area contributed by atoms with Gasteiger partial charge in [-0.3, -0.25) is 4.79 Å². The molecule has 176 valence electrons. The smallest absolute Gasteiger partial charge is 0.251 e. The van der Waals surface area contributed by atoms with E-state index in [0.717, 1.165) is 18.4 Å². The number of carbonyl (C=O) groups excluding carboxylic acids is 1. The molecular weight excluding hydrogens is 452 g/mol. The molecule has 1 saturated carbocycles. The molecule has 1 aliphatic carbocycles. The van der Waals surface area contributed by atoms with Gasteiger partial charge in [-0.25, -0.2) is 22.7 Å². The molecule has 2 aliphatic rings. The number of anilines is 1. The average Bonchev–Trinajstić information content (AvgIpc) is 3.55. The van der Waals surface area contributed by atoms with Crippen LogP contribution in [0.15, 0.2) is 36.8 Å². The lowest BCUT2D eigenvalue weighted by atomic mass is 10.1. The van der Waals surface area contributed by atoms with Gasteiger partial charge < -0.3 is 15.6 Å². The molecule has 3 aromatic rings. The van der Waals surface area contributed by atoms with Crippen LogP contribution in [-0.2, 0) is 10.0 Å². The van der Waals surface area contributed by atoms with Gasteiger partial charge in [0.05, 0.1) is 17.2 Å². The first-order valence-corrected chi connectivity index (χ1v) is 13.1. The predicted octanol–water partition coefficient (Wildman–Crippen LogP) is 1.90. The van der Waals surface area contributed by atoms with Crippen molar-refractivity contribution in [3.63, 3.8) is 0 Å². The van der Waals surface area contributed by atoms with Gasteiger partial charge in [-0.15, -0.1) is 0 Å². The van der Waals surface area contributed by atoms with Crippen LogP contribution in [0.5, 0.6) is 0 Å². The minimum Gasteiger partial charge on any atom is -0.383 e. The summed E-state index contributed by atoms with van der Waals surface area (Å²) in [5.74, 6) is 6.60. The molecule has 0 unspecified atom stereocenters. The Morgan fingerprint density at radius 2 is 1.91 bits per heavy atom. The Bertz CT molecular complexity index is 1420. The number of carbonyl (C=O) groups is 1. The molecule has 0 spiro atoms. The Kier molecular flexibility index (Phi) is 5.75. The molecule has 10 heteroatoms. The van der Waals surface area contributed by atoms with Gasteiger partial charge in [0, 0.05) is 42.5 Å². The number of piperidine rings is 1. The molecule has 1 amide bonds. The van der Waals surface area contributed by atoms with Gasteiger partial charge in [-0.1, -0.05) is 17.9 Å². The summed E-state index contributed by atoms with van der Waals surface area (Å²) < 4.78 is 27.3. The predicted molar refractivity (Wildman–Crippen MR) is 130 cm³/mol. The van der Waals surface area contributed by atoms with Crippen molar-refractivity contribution in [1.29, 1.82) is 0 Å². The topological polar surface area (TPSA) is 123 Å². The highest BCUT2D eigenvalue weighted by atomic mass is 32.2. The third-order valence-corrected chi connectivity index (χ3v) is 7.61. The van der Waals surface area contributed by atoms with E-state index >= 15 is 0 Å². The molecule has 0 bridgehead atoms. The molecule has 9 nitrogen and oxygen atoms in total. The van der Waals surface area contributed by atoms with Crippen molar-refractivity contribution in [2.75, 3.05) is 25.1 Å². The first-order chi connectivity index (χ1) is 16.3. The quantitative estimate of drug-likeness (QED) is 0.552. The van der Waals surface area contributed by atoms with E-state index in [1.54, 1.807) is 12.1 Å². The largest absolute Gasteiger partial charge is 0.383 e.